The second-order valence-corrected chi connectivity index (χ2v) is 6.85. The lowest BCUT2D eigenvalue weighted by Gasteiger charge is -2.43. The third-order valence-electron chi connectivity index (χ3n) is 4.84. The molecule has 0 atom stereocenters. The van der Waals surface area contributed by atoms with Gasteiger partial charge in [-0.1, -0.05) is 42.3 Å². The summed E-state index contributed by atoms with van der Waals surface area (Å²) in [6, 6.07) is 17.1. The van der Waals surface area contributed by atoms with Gasteiger partial charge >= 0.3 is 0 Å². The zero-order valence-electron chi connectivity index (χ0n) is 13.6. The predicted octanol–water partition coefficient (Wildman–Crippen LogP) is 4.29. The molecule has 0 radical (unpaired) electrons. The molecule has 0 unspecified atom stereocenters. The zero-order chi connectivity index (χ0) is 17.2. The van der Waals surface area contributed by atoms with E-state index in [0.717, 1.165) is 30.4 Å². The third-order valence-corrected chi connectivity index (χ3v) is 5.08. The molecule has 122 valence electrons. The van der Waals surface area contributed by atoms with E-state index in [-0.39, 0.29) is 5.91 Å². The first-order chi connectivity index (χ1) is 11.5. The zero-order valence-corrected chi connectivity index (χ0v) is 14.4. The van der Waals surface area contributed by atoms with E-state index in [1.165, 1.54) is 0 Å². The summed E-state index contributed by atoms with van der Waals surface area (Å²) >= 11 is 6.12. The van der Waals surface area contributed by atoms with Crippen LogP contribution in [0.15, 0.2) is 48.5 Å². The lowest BCUT2D eigenvalue weighted by Crippen LogP contribution is -2.49. The van der Waals surface area contributed by atoms with Gasteiger partial charge in [-0.3, -0.25) is 4.79 Å². The van der Waals surface area contributed by atoms with E-state index in [0.29, 0.717) is 17.1 Å². The molecule has 1 fully saturated rings. The van der Waals surface area contributed by atoms with Crippen molar-refractivity contribution in [2.24, 2.45) is 0 Å². The summed E-state index contributed by atoms with van der Waals surface area (Å²) in [6.07, 6.45) is 2.79. The van der Waals surface area contributed by atoms with Gasteiger partial charge in [-0.05, 0) is 48.2 Å². The van der Waals surface area contributed by atoms with E-state index in [4.69, 9.17) is 16.9 Å². The molecule has 0 spiro atoms. The van der Waals surface area contributed by atoms with Crippen LogP contribution < -0.4 is 0 Å². The maximum atomic E-state index is 13.1. The van der Waals surface area contributed by atoms with Crippen LogP contribution in [0.5, 0.6) is 0 Å². The van der Waals surface area contributed by atoms with Crippen LogP contribution >= 0.6 is 11.6 Å². The molecule has 1 amide bonds. The van der Waals surface area contributed by atoms with Gasteiger partial charge in [0.15, 0.2) is 0 Å². The van der Waals surface area contributed by atoms with Gasteiger partial charge in [0.1, 0.15) is 0 Å². The van der Waals surface area contributed by atoms with Crippen LogP contribution in [-0.2, 0) is 16.8 Å². The van der Waals surface area contributed by atoms with E-state index in [1.807, 2.05) is 43.4 Å². The molecule has 1 aliphatic carbocycles. The topological polar surface area (TPSA) is 44.1 Å². The Morgan fingerprint density at radius 2 is 1.96 bits per heavy atom. The van der Waals surface area contributed by atoms with Crippen molar-refractivity contribution in [3.05, 3.63) is 70.2 Å². The number of carbonyl (C=O) groups excluding carboxylic acids is 1. The lowest BCUT2D eigenvalue weighted by atomic mass is 9.63. The number of likely N-dealkylation sites (N-methyl/N-ethyl adjacent to an activating group) is 1. The quantitative estimate of drug-likeness (QED) is 0.834. The van der Waals surface area contributed by atoms with Crippen molar-refractivity contribution >= 4 is 17.5 Å². The van der Waals surface area contributed by atoms with Gasteiger partial charge in [-0.2, -0.15) is 5.26 Å². The largest absolute Gasteiger partial charge is 0.341 e. The maximum absolute atomic E-state index is 13.1. The molecule has 2 aromatic carbocycles. The highest BCUT2D eigenvalue weighted by atomic mass is 35.5. The van der Waals surface area contributed by atoms with E-state index < -0.39 is 5.41 Å². The minimum atomic E-state index is -0.438. The summed E-state index contributed by atoms with van der Waals surface area (Å²) in [5.41, 5.74) is 2.22. The Balaban J connectivity index is 1.79. The number of hydrogen-bond donors (Lipinski definition) is 0. The summed E-state index contributed by atoms with van der Waals surface area (Å²) in [7, 11) is 1.84. The van der Waals surface area contributed by atoms with Crippen LogP contribution in [0.3, 0.4) is 0 Å². The first kappa shape index (κ1) is 16.5. The Kier molecular flexibility index (Phi) is 4.59. The number of carbonyl (C=O) groups is 1. The molecule has 1 aliphatic rings. The second-order valence-electron chi connectivity index (χ2n) is 6.42. The molecule has 0 aliphatic heterocycles. The second kappa shape index (κ2) is 6.67. The fraction of sp³-hybridized carbons (Fsp3) is 0.300. The summed E-state index contributed by atoms with van der Waals surface area (Å²) in [4.78, 5) is 14.9. The molecule has 3 rings (SSSR count). The Morgan fingerprint density at radius 1 is 1.25 bits per heavy atom. The first-order valence-corrected chi connectivity index (χ1v) is 8.44. The van der Waals surface area contributed by atoms with E-state index in [2.05, 4.69) is 6.07 Å². The molecule has 4 heteroatoms. The van der Waals surface area contributed by atoms with Gasteiger partial charge in [0.2, 0.25) is 5.91 Å². The number of rotatable bonds is 4. The summed E-state index contributed by atoms with van der Waals surface area (Å²) in [5, 5.41) is 9.54. The van der Waals surface area contributed by atoms with Crippen LogP contribution in [0.25, 0.3) is 0 Å². The Morgan fingerprint density at radius 3 is 2.50 bits per heavy atom. The van der Waals surface area contributed by atoms with Crippen LogP contribution in [0.4, 0.5) is 0 Å². The van der Waals surface area contributed by atoms with Crippen LogP contribution in [0.1, 0.15) is 36.0 Å². The van der Waals surface area contributed by atoms with Crippen LogP contribution in [0.2, 0.25) is 5.02 Å². The average Bonchev–Trinajstić information content (AvgIpc) is 2.54. The number of nitriles is 1. The number of benzene rings is 2. The van der Waals surface area contributed by atoms with Crippen molar-refractivity contribution in [3.63, 3.8) is 0 Å². The molecular formula is C20H19ClN2O. The maximum Gasteiger partial charge on any atom is 0.233 e. The number of nitrogens with zero attached hydrogens (tertiary/aromatic N) is 2. The normalized spacial score (nSPS) is 15.2. The molecule has 3 nitrogen and oxygen atoms in total. The van der Waals surface area contributed by atoms with Crippen molar-refractivity contribution in [3.8, 4) is 6.07 Å². The first-order valence-electron chi connectivity index (χ1n) is 8.06. The predicted molar refractivity (Wildman–Crippen MR) is 94.6 cm³/mol. The van der Waals surface area contributed by atoms with Crippen LogP contribution in [0, 0.1) is 11.3 Å². The molecule has 2 aromatic rings. The Bertz CT molecular complexity index is 788. The monoisotopic (exact) mass is 338 g/mol. The summed E-state index contributed by atoms with van der Waals surface area (Å²) < 4.78 is 0. The highest BCUT2D eigenvalue weighted by Gasteiger charge is 2.47. The van der Waals surface area contributed by atoms with Gasteiger partial charge in [-0.25, -0.2) is 0 Å². The fourth-order valence-electron chi connectivity index (χ4n) is 3.34. The van der Waals surface area contributed by atoms with E-state index >= 15 is 0 Å². The smallest absolute Gasteiger partial charge is 0.233 e. The van der Waals surface area contributed by atoms with Gasteiger partial charge in [0.25, 0.3) is 0 Å². The number of amides is 1. The van der Waals surface area contributed by atoms with Crippen molar-refractivity contribution < 1.29 is 4.79 Å². The van der Waals surface area contributed by atoms with Crippen LogP contribution in [-0.4, -0.2) is 17.9 Å². The highest BCUT2D eigenvalue weighted by molar-refractivity contribution is 6.30. The van der Waals surface area contributed by atoms with E-state index in [9.17, 15) is 4.79 Å². The summed E-state index contributed by atoms with van der Waals surface area (Å²) in [5.74, 6) is 0.139. The van der Waals surface area contributed by atoms with Crippen molar-refractivity contribution in [2.45, 2.75) is 31.2 Å². The highest BCUT2D eigenvalue weighted by Crippen LogP contribution is 2.45. The Hall–Kier alpha value is -2.31. The molecule has 0 aromatic heterocycles. The molecule has 0 saturated heterocycles. The van der Waals surface area contributed by atoms with Crippen molar-refractivity contribution in [1.82, 2.24) is 4.90 Å². The lowest BCUT2D eigenvalue weighted by molar-refractivity contribution is -0.140. The minimum Gasteiger partial charge on any atom is -0.341 e. The number of halogens is 1. The third kappa shape index (κ3) is 3.02. The molecule has 0 N–H and O–H groups in total. The van der Waals surface area contributed by atoms with Gasteiger partial charge in [0, 0.05) is 18.6 Å². The van der Waals surface area contributed by atoms with Crippen molar-refractivity contribution in [1.29, 1.82) is 5.26 Å². The molecule has 24 heavy (non-hydrogen) atoms. The SMILES string of the molecule is CN(Cc1ccc(C#N)cc1)C(=O)C1(c2cccc(Cl)c2)CCC1. The van der Waals surface area contributed by atoms with Crippen molar-refractivity contribution in [2.75, 3.05) is 7.05 Å². The van der Waals surface area contributed by atoms with Gasteiger partial charge in [-0.15, -0.1) is 0 Å². The Labute approximate surface area is 147 Å². The average molecular weight is 339 g/mol. The molecule has 1 saturated carbocycles. The molecule has 0 bridgehead atoms. The minimum absolute atomic E-state index is 0.139. The number of hydrogen-bond acceptors (Lipinski definition) is 2. The fourth-order valence-corrected chi connectivity index (χ4v) is 3.53. The molecule has 0 heterocycles. The van der Waals surface area contributed by atoms with Gasteiger partial charge in [0.05, 0.1) is 17.0 Å². The van der Waals surface area contributed by atoms with Gasteiger partial charge < -0.3 is 4.90 Å². The molecular weight excluding hydrogens is 320 g/mol. The standard InChI is InChI=1S/C20H19ClN2O/c1-23(14-16-8-6-15(13-22)7-9-16)19(24)20(10-3-11-20)17-4-2-5-18(21)12-17/h2,4-9,12H,3,10-11,14H2,1H3. The van der Waals surface area contributed by atoms with E-state index in [1.54, 1.807) is 17.0 Å². The summed E-state index contributed by atoms with van der Waals surface area (Å²) in [6.45, 7) is 0.535.